The van der Waals surface area contributed by atoms with E-state index in [-0.39, 0.29) is 0 Å². The molecule has 0 amide bonds. The molecule has 0 atom stereocenters. The van der Waals surface area contributed by atoms with Gasteiger partial charge in [0.2, 0.25) is 0 Å². The Balaban J connectivity index is 0.000000354. The van der Waals surface area contributed by atoms with Crippen LogP contribution in [0.25, 0.3) is 0 Å². The van der Waals surface area contributed by atoms with Crippen LogP contribution >= 0.6 is 0 Å². The fraction of sp³-hybridized carbons (Fsp3) is 0.250. The van der Waals surface area contributed by atoms with Crippen molar-refractivity contribution < 1.29 is 17.9 Å². The van der Waals surface area contributed by atoms with Crippen molar-refractivity contribution in [3.63, 3.8) is 0 Å². The van der Waals surface area contributed by atoms with E-state index in [1.54, 1.807) is 14.2 Å². The van der Waals surface area contributed by atoms with Gasteiger partial charge in [-0.25, -0.2) is 13.2 Å². The lowest BCUT2D eigenvalue weighted by molar-refractivity contribution is 0.277. The zero-order valence-corrected chi connectivity index (χ0v) is 6.77. The molecule has 4 heteroatoms. The second-order valence-corrected chi connectivity index (χ2v) is 1.97. The fourth-order valence-corrected chi connectivity index (χ4v) is 0.470. The minimum absolute atomic E-state index is 0.495. The number of methoxy groups -OCH3 is 1. The van der Waals surface area contributed by atoms with Crippen LogP contribution in [0.2, 0.25) is 0 Å². The lowest BCUT2D eigenvalue weighted by atomic mass is 10.3. The first kappa shape index (κ1) is 11.0. The average Bonchev–Trinajstić information content (AvgIpc) is 1.99. The van der Waals surface area contributed by atoms with Gasteiger partial charge >= 0.3 is 0 Å². The fourth-order valence-electron chi connectivity index (χ4n) is 0.470. The van der Waals surface area contributed by atoms with Gasteiger partial charge in [-0.05, 0) is 12.1 Å². The normalized spacial score (nSPS) is 8.75. The summed E-state index contributed by atoms with van der Waals surface area (Å²) in [7, 11) is 3.25. The van der Waals surface area contributed by atoms with Crippen LogP contribution in [-0.4, -0.2) is 14.2 Å². The number of ether oxygens (including phenoxy) is 1. The first-order valence-corrected chi connectivity index (χ1v) is 3.12. The minimum Gasteiger partial charge on any atom is -0.388 e. The Bertz CT molecular complexity index is 238. The predicted octanol–water partition coefficient (Wildman–Crippen LogP) is 2.37. The van der Waals surface area contributed by atoms with Crippen LogP contribution in [0.3, 0.4) is 0 Å². The Hall–Kier alpha value is -1.03. The third-order valence-corrected chi connectivity index (χ3v) is 0.882. The smallest absolute Gasteiger partial charge is 0.161 e. The van der Waals surface area contributed by atoms with Crippen LogP contribution in [0.4, 0.5) is 13.2 Å². The molecule has 0 aliphatic carbocycles. The third kappa shape index (κ3) is 3.98. The second kappa shape index (κ2) is 5.60. The molecule has 0 N–H and O–H groups in total. The van der Waals surface area contributed by atoms with Crippen molar-refractivity contribution in [3.05, 3.63) is 35.7 Å². The molecule has 0 bridgehead atoms. The van der Waals surface area contributed by atoms with E-state index in [9.17, 15) is 13.2 Å². The van der Waals surface area contributed by atoms with Gasteiger partial charge < -0.3 is 4.74 Å². The highest BCUT2D eigenvalue weighted by Crippen LogP contribution is 2.05. The van der Waals surface area contributed by atoms with Crippen LogP contribution in [0.5, 0.6) is 0 Å². The molecule has 0 saturated carbocycles. The van der Waals surface area contributed by atoms with E-state index in [1.807, 2.05) is 0 Å². The number of rotatable bonds is 0. The third-order valence-electron chi connectivity index (χ3n) is 0.882. The van der Waals surface area contributed by atoms with E-state index in [1.165, 1.54) is 0 Å². The molecule has 0 radical (unpaired) electrons. The molecule has 1 aromatic carbocycles. The molecule has 0 spiro atoms. The van der Waals surface area contributed by atoms with Gasteiger partial charge in [0, 0.05) is 20.3 Å². The molecule has 0 aliphatic rings. The Morgan fingerprint density at radius 1 is 1.00 bits per heavy atom. The van der Waals surface area contributed by atoms with E-state index in [0.717, 1.165) is 12.1 Å². The molecular formula is C8H9F3O. The summed E-state index contributed by atoms with van der Waals surface area (Å²) in [5, 5.41) is 0. The molecule has 0 unspecified atom stereocenters. The SMILES string of the molecule is COC.Fc1ccc(F)c(F)c1. The van der Waals surface area contributed by atoms with Crippen molar-refractivity contribution in [1.82, 2.24) is 0 Å². The lowest BCUT2D eigenvalue weighted by Crippen LogP contribution is -1.83. The topological polar surface area (TPSA) is 9.23 Å². The molecule has 0 saturated heterocycles. The van der Waals surface area contributed by atoms with E-state index in [0.29, 0.717) is 6.07 Å². The lowest BCUT2D eigenvalue weighted by Gasteiger charge is -1.88. The van der Waals surface area contributed by atoms with Crippen molar-refractivity contribution >= 4 is 0 Å². The van der Waals surface area contributed by atoms with Crippen molar-refractivity contribution in [2.45, 2.75) is 0 Å². The summed E-state index contributed by atoms with van der Waals surface area (Å²) in [6.45, 7) is 0. The zero-order chi connectivity index (χ0) is 9.56. The van der Waals surface area contributed by atoms with Gasteiger partial charge in [-0.1, -0.05) is 0 Å². The highest BCUT2D eigenvalue weighted by molar-refractivity contribution is 5.07. The molecule has 68 valence electrons. The Morgan fingerprint density at radius 2 is 1.50 bits per heavy atom. The number of benzene rings is 1. The zero-order valence-electron chi connectivity index (χ0n) is 6.77. The van der Waals surface area contributed by atoms with Gasteiger partial charge in [0.15, 0.2) is 11.6 Å². The molecule has 0 aromatic heterocycles. The summed E-state index contributed by atoms with van der Waals surface area (Å²) >= 11 is 0. The number of hydrogen-bond acceptors (Lipinski definition) is 1. The monoisotopic (exact) mass is 178 g/mol. The molecule has 1 rings (SSSR count). The number of hydrogen-bond donors (Lipinski definition) is 0. The first-order chi connectivity index (χ1) is 5.61. The van der Waals surface area contributed by atoms with E-state index >= 15 is 0 Å². The van der Waals surface area contributed by atoms with Gasteiger partial charge in [0.05, 0.1) is 0 Å². The van der Waals surface area contributed by atoms with Gasteiger partial charge in [0.25, 0.3) is 0 Å². The molecular weight excluding hydrogens is 169 g/mol. The summed E-state index contributed by atoms with van der Waals surface area (Å²) in [4.78, 5) is 0. The standard InChI is InChI=1S/C6H3F3.C2H6O/c7-4-1-2-5(8)6(9)3-4;1-3-2/h1-3H;1-2H3. The summed E-state index contributed by atoms with van der Waals surface area (Å²) in [5.41, 5.74) is 0. The summed E-state index contributed by atoms with van der Waals surface area (Å²) < 4.78 is 40.1. The van der Waals surface area contributed by atoms with E-state index in [4.69, 9.17) is 0 Å². The van der Waals surface area contributed by atoms with Gasteiger partial charge in [0.1, 0.15) is 5.82 Å². The quantitative estimate of drug-likeness (QED) is 0.554. The second-order valence-electron chi connectivity index (χ2n) is 1.97. The van der Waals surface area contributed by atoms with E-state index < -0.39 is 17.5 Å². The molecule has 12 heavy (non-hydrogen) atoms. The van der Waals surface area contributed by atoms with Crippen LogP contribution < -0.4 is 0 Å². The summed E-state index contributed by atoms with van der Waals surface area (Å²) in [6, 6.07) is 2.10. The maximum Gasteiger partial charge on any atom is 0.161 e. The van der Waals surface area contributed by atoms with Crippen LogP contribution in [0, 0.1) is 17.5 Å². The van der Waals surface area contributed by atoms with E-state index in [2.05, 4.69) is 4.74 Å². The maximum absolute atomic E-state index is 12.0. The van der Waals surface area contributed by atoms with Crippen molar-refractivity contribution in [3.8, 4) is 0 Å². The maximum atomic E-state index is 12.0. The van der Waals surface area contributed by atoms with Gasteiger partial charge in [-0.2, -0.15) is 0 Å². The van der Waals surface area contributed by atoms with Gasteiger partial charge in [-0.15, -0.1) is 0 Å². The molecule has 1 aromatic rings. The van der Waals surface area contributed by atoms with Crippen molar-refractivity contribution in [2.75, 3.05) is 14.2 Å². The average molecular weight is 178 g/mol. The molecule has 0 heterocycles. The summed E-state index contributed by atoms with van der Waals surface area (Å²) in [5.74, 6) is -2.96. The van der Waals surface area contributed by atoms with Crippen LogP contribution in [-0.2, 0) is 4.74 Å². The summed E-state index contributed by atoms with van der Waals surface area (Å²) in [6.07, 6.45) is 0. The van der Waals surface area contributed by atoms with Crippen molar-refractivity contribution in [2.24, 2.45) is 0 Å². The molecule has 0 fully saturated rings. The highest BCUT2D eigenvalue weighted by atomic mass is 19.2. The largest absolute Gasteiger partial charge is 0.388 e. The first-order valence-electron chi connectivity index (χ1n) is 3.12. The highest BCUT2D eigenvalue weighted by Gasteiger charge is 1.99. The Kier molecular flexibility index (Phi) is 5.12. The minimum atomic E-state index is -1.16. The van der Waals surface area contributed by atoms with Crippen LogP contribution in [0.1, 0.15) is 0 Å². The Labute approximate surface area is 68.8 Å². The molecule has 1 nitrogen and oxygen atoms in total. The van der Waals surface area contributed by atoms with Gasteiger partial charge in [-0.3, -0.25) is 0 Å². The Morgan fingerprint density at radius 3 is 1.83 bits per heavy atom. The number of halogens is 3. The molecule has 0 aliphatic heterocycles. The van der Waals surface area contributed by atoms with Crippen molar-refractivity contribution in [1.29, 1.82) is 0 Å². The van der Waals surface area contributed by atoms with Crippen LogP contribution in [0.15, 0.2) is 18.2 Å². The predicted molar refractivity (Wildman–Crippen MR) is 39.2 cm³/mol.